The minimum Gasteiger partial charge on any atom is -0.354 e. The van der Waals surface area contributed by atoms with Gasteiger partial charge in [-0.15, -0.1) is 0 Å². The Labute approximate surface area is 259 Å². The van der Waals surface area contributed by atoms with Gasteiger partial charge in [0, 0.05) is 65.1 Å². The smallest absolute Gasteiger partial charge is 0.354 e. The quantitative estimate of drug-likeness (QED) is 0.332. The summed E-state index contributed by atoms with van der Waals surface area (Å²) in [6, 6.07) is 4.17. The van der Waals surface area contributed by atoms with Crippen LogP contribution in [-0.4, -0.2) is 98.8 Å². The maximum absolute atomic E-state index is 13.6. The number of hydrogen-bond acceptors (Lipinski definition) is 6. The average Bonchev–Trinajstić information content (AvgIpc) is 2.98. The Morgan fingerprint density at radius 3 is 1.91 bits per heavy atom. The average molecular weight is 672 g/mol. The first-order valence-corrected chi connectivity index (χ1v) is 14.3. The molecular weight excluding hydrogens is 637 g/mol. The lowest BCUT2D eigenvalue weighted by Crippen LogP contribution is -2.59. The Hall–Kier alpha value is -2.92. The summed E-state index contributed by atoms with van der Waals surface area (Å²) in [5.41, 5.74) is -4.51. The van der Waals surface area contributed by atoms with Crippen molar-refractivity contribution in [3.8, 4) is 0 Å². The number of carbonyl (C=O) groups is 1. The van der Waals surface area contributed by atoms with Crippen LogP contribution < -0.4 is 0 Å². The lowest BCUT2D eigenvalue weighted by molar-refractivity contribution is -0.321. The maximum Gasteiger partial charge on any atom is 0.416 e. The van der Waals surface area contributed by atoms with E-state index in [4.69, 9.17) is 14.2 Å². The molecule has 0 radical (unpaired) electrons. The molecule has 2 aromatic carbocycles. The highest BCUT2D eigenvalue weighted by Crippen LogP contribution is 2.37. The van der Waals surface area contributed by atoms with Gasteiger partial charge in [0.15, 0.2) is 12.1 Å². The number of hydrogen-bond donors (Lipinski definition) is 0. The normalized spacial score (nSPS) is 24.0. The van der Waals surface area contributed by atoms with Gasteiger partial charge in [-0.1, -0.05) is 12.1 Å². The number of piperazine rings is 1. The molecule has 0 aromatic heterocycles. The molecule has 0 N–H and O–H groups in total. The van der Waals surface area contributed by atoms with Crippen LogP contribution in [0.4, 0.5) is 39.5 Å². The van der Waals surface area contributed by atoms with Crippen molar-refractivity contribution in [3.63, 3.8) is 0 Å². The molecule has 16 heteroatoms. The fraction of sp³-hybridized carbons (Fsp3) is 0.567. The van der Waals surface area contributed by atoms with Gasteiger partial charge < -0.3 is 19.1 Å². The number of amides is 1. The predicted octanol–water partition coefficient (Wildman–Crippen LogP) is 5.78. The van der Waals surface area contributed by atoms with Crippen molar-refractivity contribution < 1.29 is 58.5 Å². The number of morpholine rings is 1. The Morgan fingerprint density at radius 2 is 1.39 bits per heavy atom. The van der Waals surface area contributed by atoms with Gasteiger partial charge in [0.05, 0.1) is 23.2 Å². The third kappa shape index (κ3) is 8.91. The first-order chi connectivity index (χ1) is 21.3. The Morgan fingerprint density at radius 1 is 0.826 bits per heavy atom. The summed E-state index contributed by atoms with van der Waals surface area (Å²) in [6.07, 6.45) is -15.4. The maximum atomic E-state index is 13.6. The van der Waals surface area contributed by atoms with Crippen LogP contribution in [0.1, 0.15) is 39.5 Å². The molecule has 4 rings (SSSR count). The van der Waals surface area contributed by atoms with E-state index in [-0.39, 0.29) is 32.1 Å². The van der Waals surface area contributed by atoms with Crippen LogP contribution in [0, 0.1) is 0 Å². The van der Waals surface area contributed by atoms with Crippen LogP contribution in [-0.2, 0) is 39.2 Å². The van der Waals surface area contributed by atoms with E-state index >= 15 is 0 Å². The minimum absolute atomic E-state index is 0.0104. The van der Waals surface area contributed by atoms with Gasteiger partial charge in [-0.05, 0) is 49.2 Å². The van der Waals surface area contributed by atoms with Crippen LogP contribution in [0.3, 0.4) is 0 Å². The number of nitrogens with zero attached hydrogens (tertiary/aromatic N) is 3. The zero-order valence-corrected chi connectivity index (χ0v) is 25.2. The number of rotatable bonds is 8. The van der Waals surface area contributed by atoms with Gasteiger partial charge in [-0.2, -0.15) is 39.5 Å². The number of alkyl halides is 9. The van der Waals surface area contributed by atoms with Crippen LogP contribution in [0.25, 0.3) is 0 Å². The second-order valence-electron chi connectivity index (χ2n) is 11.5. The summed E-state index contributed by atoms with van der Waals surface area (Å²) in [7, 11) is 2.99. The summed E-state index contributed by atoms with van der Waals surface area (Å²) in [5.74, 6) is -1.98. The molecule has 2 aliphatic rings. The van der Waals surface area contributed by atoms with Gasteiger partial charge >= 0.3 is 18.5 Å². The molecule has 2 aliphatic heterocycles. The zero-order chi connectivity index (χ0) is 34.1. The Bertz CT molecular complexity index is 1320. The monoisotopic (exact) mass is 671 g/mol. The molecule has 7 nitrogen and oxygen atoms in total. The number of ether oxygens (including phenoxy) is 3. The van der Waals surface area contributed by atoms with Gasteiger partial charge in [0.1, 0.15) is 0 Å². The molecule has 0 spiro atoms. The van der Waals surface area contributed by atoms with E-state index in [1.807, 2.05) is 9.80 Å². The fourth-order valence-corrected chi connectivity index (χ4v) is 5.63. The highest BCUT2D eigenvalue weighted by atomic mass is 19.4. The van der Waals surface area contributed by atoms with Crippen molar-refractivity contribution in [3.05, 3.63) is 70.3 Å². The third-order valence-corrected chi connectivity index (χ3v) is 8.14. The summed E-state index contributed by atoms with van der Waals surface area (Å²) in [6.45, 7) is 3.94. The highest BCUT2D eigenvalue weighted by molar-refractivity contribution is 5.95. The van der Waals surface area contributed by atoms with E-state index in [0.29, 0.717) is 43.9 Å². The zero-order valence-electron chi connectivity index (χ0n) is 25.2. The van der Waals surface area contributed by atoms with Crippen molar-refractivity contribution in [1.82, 2.24) is 14.7 Å². The highest BCUT2D eigenvalue weighted by Gasteiger charge is 2.40. The van der Waals surface area contributed by atoms with E-state index in [1.165, 1.54) is 31.3 Å². The molecule has 3 atom stereocenters. The standard InChI is InChI=1S/C30H34F9N3O4/c1-27(45-3)18-41(17-25(44-2)46-27)9-8-40-10-11-42(24(16-40)12-19-4-6-21(7-5-19)28(31,32)33)26(43)20-13-22(29(34,35)36)15-23(14-20)30(37,38)39/h4-7,13-15,24-25H,8-12,16-18H2,1-3H3/t24-,25-,27+/m1/s1. The summed E-state index contributed by atoms with van der Waals surface area (Å²) in [4.78, 5) is 18.8. The van der Waals surface area contributed by atoms with Crippen molar-refractivity contribution in [2.75, 3.05) is 60.0 Å². The Balaban J connectivity index is 1.58. The number of halogens is 9. The molecular formula is C30H34F9N3O4. The van der Waals surface area contributed by atoms with Crippen molar-refractivity contribution in [2.24, 2.45) is 0 Å². The first kappa shape index (κ1) is 35.9. The predicted molar refractivity (Wildman–Crippen MR) is 147 cm³/mol. The molecule has 2 saturated heterocycles. The molecule has 0 unspecified atom stereocenters. The van der Waals surface area contributed by atoms with E-state index in [0.717, 1.165) is 12.1 Å². The molecule has 0 saturated carbocycles. The molecule has 2 fully saturated rings. The van der Waals surface area contributed by atoms with E-state index in [1.54, 1.807) is 6.92 Å². The molecule has 256 valence electrons. The van der Waals surface area contributed by atoms with Gasteiger partial charge in [-0.25, -0.2) is 0 Å². The Kier molecular flexibility index (Phi) is 10.7. The second kappa shape index (κ2) is 13.7. The number of carbonyl (C=O) groups excluding carboxylic acids is 1. The lowest BCUT2D eigenvalue weighted by Gasteiger charge is -2.45. The van der Waals surface area contributed by atoms with E-state index in [9.17, 15) is 44.3 Å². The van der Waals surface area contributed by atoms with Crippen LogP contribution in [0.2, 0.25) is 0 Å². The molecule has 1 amide bonds. The van der Waals surface area contributed by atoms with Gasteiger partial charge in [0.25, 0.3) is 5.91 Å². The van der Waals surface area contributed by atoms with Crippen LogP contribution >= 0.6 is 0 Å². The number of methoxy groups -OCH3 is 2. The largest absolute Gasteiger partial charge is 0.416 e. The van der Waals surface area contributed by atoms with Crippen molar-refractivity contribution in [1.29, 1.82) is 0 Å². The van der Waals surface area contributed by atoms with Crippen LogP contribution in [0.5, 0.6) is 0 Å². The van der Waals surface area contributed by atoms with Crippen LogP contribution in [0.15, 0.2) is 42.5 Å². The second-order valence-corrected chi connectivity index (χ2v) is 11.5. The minimum atomic E-state index is -5.14. The van der Waals surface area contributed by atoms with E-state index in [2.05, 4.69) is 0 Å². The number of benzene rings is 2. The summed E-state index contributed by atoms with van der Waals surface area (Å²) < 4.78 is 137. The van der Waals surface area contributed by atoms with E-state index < -0.39 is 64.8 Å². The molecule has 46 heavy (non-hydrogen) atoms. The molecule has 0 bridgehead atoms. The van der Waals surface area contributed by atoms with Gasteiger partial charge in [0.2, 0.25) is 0 Å². The summed E-state index contributed by atoms with van der Waals surface area (Å²) in [5, 5.41) is 0. The first-order valence-electron chi connectivity index (χ1n) is 14.3. The lowest BCUT2D eigenvalue weighted by atomic mass is 9.98. The third-order valence-electron chi connectivity index (χ3n) is 8.14. The van der Waals surface area contributed by atoms with Gasteiger partial charge in [-0.3, -0.25) is 14.6 Å². The van der Waals surface area contributed by atoms with Crippen molar-refractivity contribution >= 4 is 5.91 Å². The molecule has 2 aromatic rings. The molecule has 2 heterocycles. The topological polar surface area (TPSA) is 54.5 Å². The van der Waals surface area contributed by atoms with Crippen molar-refractivity contribution in [2.45, 2.75) is 50.0 Å². The SMILES string of the molecule is CO[C@H]1CN(CCN2CCN(C(=O)c3cc(C(F)(F)F)cc(C(F)(F)F)c3)[C@H](Cc3ccc(C(F)(F)F)cc3)C2)C[C@@](C)(OC)O1. The summed E-state index contributed by atoms with van der Waals surface area (Å²) >= 11 is 0. The fourth-order valence-electron chi connectivity index (χ4n) is 5.63. The molecule has 0 aliphatic carbocycles.